The molecule has 1 saturated heterocycles. The minimum Gasteiger partial charge on any atom is -0.452 e. The molecule has 1 aromatic rings. The van der Waals surface area contributed by atoms with Crippen molar-refractivity contribution in [2.45, 2.75) is 26.3 Å². The van der Waals surface area contributed by atoms with Gasteiger partial charge in [0.1, 0.15) is 5.76 Å². The number of rotatable bonds is 2. The van der Waals surface area contributed by atoms with Gasteiger partial charge in [0.05, 0.1) is 6.54 Å². The molecule has 0 saturated carbocycles. The van der Waals surface area contributed by atoms with Crippen molar-refractivity contribution in [3.05, 3.63) is 22.6 Å². The molecule has 0 N–H and O–H groups in total. The summed E-state index contributed by atoms with van der Waals surface area (Å²) in [4.78, 5) is 13.7. The quantitative estimate of drug-likeness (QED) is 0.829. The third kappa shape index (κ3) is 2.43. The van der Waals surface area contributed by atoms with Crippen molar-refractivity contribution in [3.63, 3.8) is 0 Å². The van der Waals surface area contributed by atoms with Gasteiger partial charge in [-0.25, -0.2) is 0 Å². The molecule has 1 aliphatic heterocycles. The Kier molecular flexibility index (Phi) is 3.14. The molecule has 0 radical (unpaired) electrons. The first kappa shape index (κ1) is 10.7. The average Bonchev–Trinajstić information content (AvgIpc) is 2.59. The summed E-state index contributed by atoms with van der Waals surface area (Å²) in [6.45, 7) is 3.43. The van der Waals surface area contributed by atoms with E-state index in [9.17, 15) is 4.79 Å². The lowest BCUT2D eigenvalue weighted by atomic mass is 9.99. The Hall–Kier alpha value is -0.770. The highest BCUT2D eigenvalue weighted by Crippen LogP contribution is 2.21. The molecule has 2 heterocycles. The number of amides is 1. The van der Waals surface area contributed by atoms with Gasteiger partial charge in [0.2, 0.25) is 5.91 Å². The first-order chi connectivity index (χ1) is 7.16. The van der Waals surface area contributed by atoms with Crippen LogP contribution in [0.2, 0.25) is 0 Å². The number of hydrogen-bond acceptors (Lipinski definition) is 2. The molecule has 15 heavy (non-hydrogen) atoms. The number of furan rings is 1. The van der Waals surface area contributed by atoms with E-state index in [1.54, 1.807) is 0 Å². The SMILES string of the molecule is CC1CCCN(Cc2ccc(Br)o2)C1=O. The smallest absolute Gasteiger partial charge is 0.225 e. The molecule has 2 rings (SSSR count). The number of carbonyl (C=O) groups is 1. The predicted molar refractivity (Wildman–Crippen MR) is 60.2 cm³/mol. The van der Waals surface area contributed by atoms with Gasteiger partial charge in [-0.05, 0) is 40.9 Å². The number of piperidine rings is 1. The van der Waals surface area contributed by atoms with Crippen molar-refractivity contribution < 1.29 is 9.21 Å². The maximum atomic E-state index is 11.8. The fourth-order valence-electron chi connectivity index (χ4n) is 1.92. The summed E-state index contributed by atoms with van der Waals surface area (Å²) in [6.07, 6.45) is 2.10. The van der Waals surface area contributed by atoms with Crippen molar-refractivity contribution in [1.82, 2.24) is 4.90 Å². The molecule has 1 amide bonds. The van der Waals surface area contributed by atoms with Crippen LogP contribution in [0.3, 0.4) is 0 Å². The number of likely N-dealkylation sites (tertiary alicyclic amines) is 1. The van der Waals surface area contributed by atoms with E-state index in [2.05, 4.69) is 15.9 Å². The van der Waals surface area contributed by atoms with Gasteiger partial charge in [-0.15, -0.1) is 0 Å². The number of halogens is 1. The molecular weight excluding hydrogens is 258 g/mol. The van der Waals surface area contributed by atoms with Crippen LogP contribution in [-0.2, 0) is 11.3 Å². The largest absolute Gasteiger partial charge is 0.452 e. The normalized spacial score (nSPS) is 22.1. The number of carbonyl (C=O) groups excluding carboxylic acids is 1. The molecular formula is C11H14BrNO2. The monoisotopic (exact) mass is 271 g/mol. The lowest BCUT2D eigenvalue weighted by Gasteiger charge is -2.29. The zero-order valence-electron chi connectivity index (χ0n) is 8.70. The molecule has 0 aliphatic carbocycles. The molecule has 1 fully saturated rings. The summed E-state index contributed by atoms with van der Waals surface area (Å²) in [5.74, 6) is 1.25. The number of nitrogens with zero attached hydrogens (tertiary/aromatic N) is 1. The lowest BCUT2D eigenvalue weighted by Crippen LogP contribution is -2.39. The van der Waals surface area contributed by atoms with E-state index in [0.717, 1.165) is 29.8 Å². The second-order valence-electron chi connectivity index (χ2n) is 4.01. The molecule has 0 spiro atoms. The molecule has 0 bridgehead atoms. The Morgan fingerprint density at radius 3 is 3.07 bits per heavy atom. The summed E-state index contributed by atoms with van der Waals surface area (Å²) in [5.41, 5.74) is 0. The Morgan fingerprint density at radius 1 is 1.60 bits per heavy atom. The Bertz CT molecular complexity index is 361. The van der Waals surface area contributed by atoms with Crippen molar-refractivity contribution in [2.24, 2.45) is 5.92 Å². The molecule has 1 aliphatic rings. The van der Waals surface area contributed by atoms with Gasteiger partial charge >= 0.3 is 0 Å². The van der Waals surface area contributed by atoms with Gasteiger partial charge in [-0.3, -0.25) is 4.79 Å². The van der Waals surface area contributed by atoms with Gasteiger partial charge in [-0.2, -0.15) is 0 Å². The van der Waals surface area contributed by atoms with Crippen LogP contribution in [0.25, 0.3) is 0 Å². The first-order valence-corrected chi connectivity index (χ1v) is 5.99. The molecule has 82 valence electrons. The molecule has 3 nitrogen and oxygen atoms in total. The Labute approximate surface area is 97.6 Å². The van der Waals surface area contributed by atoms with E-state index < -0.39 is 0 Å². The fourth-order valence-corrected chi connectivity index (χ4v) is 2.26. The van der Waals surface area contributed by atoms with Gasteiger partial charge in [0.25, 0.3) is 0 Å². The summed E-state index contributed by atoms with van der Waals surface area (Å²) in [6, 6.07) is 3.75. The van der Waals surface area contributed by atoms with Crippen LogP contribution in [0.5, 0.6) is 0 Å². The summed E-state index contributed by atoms with van der Waals surface area (Å²) >= 11 is 3.25. The topological polar surface area (TPSA) is 33.5 Å². The molecule has 0 aromatic carbocycles. The van der Waals surface area contributed by atoms with Crippen LogP contribution >= 0.6 is 15.9 Å². The summed E-state index contributed by atoms with van der Waals surface area (Å²) in [7, 11) is 0. The van der Waals surface area contributed by atoms with E-state index in [1.807, 2.05) is 24.0 Å². The second kappa shape index (κ2) is 4.39. The highest BCUT2D eigenvalue weighted by atomic mass is 79.9. The van der Waals surface area contributed by atoms with Crippen molar-refractivity contribution >= 4 is 21.8 Å². The molecule has 1 unspecified atom stereocenters. The van der Waals surface area contributed by atoms with Crippen LogP contribution in [-0.4, -0.2) is 17.4 Å². The van der Waals surface area contributed by atoms with Crippen molar-refractivity contribution in [3.8, 4) is 0 Å². The minimum absolute atomic E-state index is 0.164. The zero-order valence-corrected chi connectivity index (χ0v) is 10.3. The summed E-state index contributed by atoms with van der Waals surface area (Å²) < 4.78 is 6.11. The zero-order chi connectivity index (χ0) is 10.8. The van der Waals surface area contributed by atoms with E-state index in [-0.39, 0.29) is 11.8 Å². The van der Waals surface area contributed by atoms with E-state index in [0.29, 0.717) is 6.54 Å². The summed E-state index contributed by atoms with van der Waals surface area (Å²) in [5, 5.41) is 0. The minimum atomic E-state index is 0.164. The third-order valence-electron chi connectivity index (χ3n) is 2.77. The Morgan fingerprint density at radius 2 is 2.40 bits per heavy atom. The first-order valence-electron chi connectivity index (χ1n) is 5.20. The number of hydrogen-bond donors (Lipinski definition) is 0. The maximum absolute atomic E-state index is 11.8. The van der Waals surface area contributed by atoms with E-state index in [4.69, 9.17) is 4.42 Å². The van der Waals surface area contributed by atoms with Crippen LogP contribution in [0.15, 0.2) is 21.2 Å². The van der Waals surface area contributed by atoms with Gasteiger partial charge in [0, 0.05) is 12.5 Å². The highest BCUT2D eigenvalue weighted by molar-refractivity contribution is 9.10. The lowest BCUT2D eigenvalue weighted by molar-refractivity contribution is -0.138. The maximum Gasteiger partial charge on any atom is 0.225 e. The molecule has 1 atom stereocenters. The predicted octanol–water partition coefficient (Wildman–Crippen LogP) is 2.80. The van der Waals surface area contributed by atoms with Crippen LogP contribution in [0.1, 0.15) is 25.5 Å². The van der Waals surface area contributed by atoms with E-state index in [1.165, 1.54) is 0 Å². The highest BCUT2D eigenvalue weighted by Gasteiger charge is 2.25. The van der Waals surface area contributed by atoms with E-state index >= 15 is 0 Å². The van der Waals surface area contributed by atoms with Gasteiger partial charge in [0.15, 0.2) is 4.67 Å². The van der Waals surface area contributed by atoms with Crippen LogP contribution < -0.4 is 0 Å². The molecule has 4 heteroatoms. The Balaban J connectivity index is 2.02. The van der Waals surface area contributed by atoms with Gasteiger partial charge < -0.3 is 9.32 Å². The van der Waals surface area contributed by atoms with Crippen molar-refractivity contribution in [1.29, 1.82) is 0 Å². The average molecular weight is 272 g/mol. The van der Waals surface area contributed by atoms with Crippen LogP contribution in [0.4, 0.5) is 0 Å². The van der Waals surface area contributed by atoms with Crippen LogP contribution in [0, 0.1) is 5.92 Å². The third-order valence-corrected chi connectivity index (χ3v) is 3.20. The molecule has 1 aromatic heterocycles. The van der Waals surface area contributed by atoms with Gasteiger partial charge in [-0.1, -0.05) is 6.92 Å². The fraction of sp³-hybridized carbons (Fsp3) is 0.545. The standard InChI is InChI=1S/C11H14BrNO2/c1-8-3-2-6-13(11(8)14)7-9-4-5-10(12)15-9/h4-5,8H,2-3,6-7H2,1H3. The second-order valence-corrected chi connectivity index (χ2v) is 4.79. The van der Waals surface area contributed by atoms with Crippen molar-refractivity contribution in [2.75, 3.05) is 6.54 Å².